The molecule has 1 amide bonds. The fourth-order valence-corrected chi connectivity index (χ4v) is 4.93. The topological polar surface area (TPSA) is 63.7 Å². The van der Waals surface area contributed by atoms with E-state index in [1.807, 2.05) is 12.1 Å². The molecule has 1 saturated heterocycles. The van der Waals surface area contributed by atoms with Crippen LogP contribution in [0.4, 0.5) is 0 Å². The number of likely N-dealkylation sites (tertiary alicyclic amines) is 1. The van der Waals surface area contributed by atoms with Gasteiger partial charge < -0.3 is 19.7 Å². The van der Waals surface area contributed by atoms with Crippen molar-refractivity contribution < 1.29 is 14.3 Å². The molecule has 1 aliphatic carbocycles. The Labute approximate surface area is 183 Å². The molecule has 1 N–H and O–H groups in total. The Kier molecular flexibility index (Phi) is 5.57. The predicted molar refractivity (Wildman–Crippen MR) is 119 cm³/mol. The first-order valence-electron chi connectivity index (χ1n) is 11.5. The lowest BCUT2D eigenvalue weighted by molar-refractivity contribution is -0.0337. The van der Waals surface area contributed by atoms with Gasteiger partial charge in [0, 0.05) is 32.4 Å². The van der Waals surface area contributed by atoms with Crippen LogP contribution in [0, 0.1) is 0 Å². The van der Waals surface area contributed by atoms with Crippen LogP contribution in [-0.2, 0) is 13.0 Å². The van der Waals surface area contributed by atoms with E-state index >= 15 is 0 Å². The molecule has 1 spiro atoms. The Hall–Kier alpha value is -2.60. The number of pyridine rings is 1. The highest BCUT2D eigenvalue weighted by Gasteiger charge is 2.41. The maximum absolute atomic E-state index is 11.6. The Morgan fingerprint density at radius 3 is 2.74 bits per heavy atom. The zero-order valence-corrected chi connectivity index (χ0v) is 18.2. The van der Waals surface area contributed by atoms with Crippen LogP contribution in [0.3, 0.4) is 0 Å². The number of piperidine rings is 1. The first-order chi connectivity index (χ1) is 15.1. The first kappa shape index (κ1) is 20.3. The number of carbonyl (C=O) groups excluding carboxylic acids is 1. The molecule has 164 valence electrons. The largest absolute Gasteiger partial charge is 0.487 e. The average Bonchev–Trinajstić information content (AvgIpc) is 2.78. The second-order valence-electron chi connectivity index (χ2n) is 9.08. The molecule has 1 aromatic heterocycles. The summed E-state index contributed by atoms with van der Waals surface area (Å²) in [6.07, 6.45) is 10.1. The van der Waals surface area contributed by atoms with Gasteiger partial charge in [0.25, 0.3) is 5.91 Å². The summed E-state index contributed by atoms with van der Waals surface area (Å²) in [5, 5.41) is 2.60. The summed E-state index contributed by atoms with van der Waals surface area (Å²) in [6.45, 7) is 2.72. The molecule has 1 aromatic carbocycles. The number of aryl methyl sites for hydroxylation is 1. The summed E-state index contributed by atoms with van der Waals surface area (Å²) >= 11 is 0. The predicted octanol–water partition coefficient (Wildman–Crippen LogP) is 3.73. The van der Waals surface area contributed by atoms with E-state index in [2.05, 4.69) is 27.3 Å². The van der Waals surface area contributed by atoms with Gasteiger partial charge in [-0.2, -0.15) is 0 Å². The van der Waals surface area contributed by atoms with E-state index in [4.69, 9.17) is 9.47 Å². The maximum atomic E-state index is 11.6. The van der Waals surface area contributed by atoms with Crippen molar-refractivity contribution in [3.8, 4) is 11.5 Å². The molecular weight excluding hydrogens is 390 g/mol. The van der Waals surface area contributed by atoms with Crippen molar-refractivity contribution in [2.24, 2.45) is 0 Å². The van der Waals surface area contributed by atoms with Gasteiger partial charge in [-0.3, -0.25) is 9.78 Å². The van der Waals surface area contributed by atoms with Crippen LogP contribution in [0.25, 0.3) is 0 Å². The quantitative estimate of drug-likeness (QED) is 0.797. The van der Waals surface area contributed by atoms with Crippen molar-refractivity contribution in [2.45, 2.75) is 63.2 Å². The van der Waals surface area contributed by atoms with Crippen molar-refractivity contribution in [2.75, 3.05) is 20.1 Å². The van der Waals surface area contributed by atoms with Gasteiger partial charge in [-0.15, -0.1) is 0 Å². The van der Waals surface area contributed by atoms with Gasteiger partial charge in [-0.05, 0) is 74.4 Å². The zero-order chi connectivity index (χ0) is 21.3. The Bertz CT molecular complexity index is 932. The van der Waals surface area contributed by atoms with E-state index in [1.165, 1.54) is 37.9 Å². The molecule has 0 radical (unpaired) electrons. The molecule has 3 aliphatic rings. The van der Waals surface area contributed by atoms with Gasteiger partial charge in [0.1, 0.15) is 23.7 Å². The third-order valence-corrected chi connectivity index (χ3v) is 7.21. The third-order valence-electron chi connectivity index (χ3n) is 7.21. The standard InChI is InChI=1S/C25H31N3O3/c1-26-24(29)19-5-6-20(27-16-19)17-30-22-7-8-23-18(15-22)9-10-25(31-23)11-13-28(14-12-25)21-3-2-4-21/h5-8,15-16,21H,2-4,9-14,17H2,1H3,(H,26,29). The molecular formula is C25H31N3O3. The molecule has 6 nitrogen and oxygen atoms in total. The highest BCUT2D eigenvalue weighted by Crippen LogP contribution is 2.41. The molecule has 2 aromatic rings. The summed E-state index contributed by atoms with van der Waals surface area (Å²) in [5.74, 6) is 1.71. The monoisotopic (exact) mass is 421 g/mol. The fourth-order valence-electron chi connectivity index (χ4n) is 4.93. The number of nitrogens with one attached hydrogen (secondary N) is 1. The van der Waals surface area contributed by atoms with Gasteiger partial charge in [0.05, 0.1) is 11.3 Å². The van der Waals surface area contributed by atoms with E-state index in [-0.39, 0.29) is 11.5 Å². The number of benzene rings is 1. The minimum absolute atomic E-state index is 0.0199. The molecule has 31 heavy (non-hydrogen) atoms. The third kappa shape index (κ3) is 4.26. The lowest BCUT2D eigenvalue weighted by atomic mass is 9.81. The highest BCUT2D eigenvalue weighted by atomic mass is 16.5. The van der Waals surface area contributed by atoms with Crippen LogP contribution in [0.2, 0.25) is 0 Å². The van der Waals surface area contributed by atoms with E-state index in [9.17, 15) is 4.79 Å². The van der Waals surface area contributed by atoms with Crippen molar-refractivity contribution in [1.29, 1.82) is 0 Å². The van der Waals surface area contributed by atoms with Gasteiger partial charge in [0.15, 0.2) is 0 Å². The molecule has 2 aliphatic heterocycles. The van der Waals surface area contributed by atoms with E-state index < -0.39 is 0 Å². The summed E-state index contributed by atoms with van der Waals surface area (Å²) in [7, 11) is 1.61. The number of aromatic nitrogens is 1. The lowest BCUT2D eigenvalue weighted by Crippen LogP contribution is -2.53. The van der Waals surface area contributed by atoms with Gasteiger partial charge >= 0.3 is 0 Å². The lowest BCUT2D eigenvalue weighted by Gasteiger charge is -2.48. The van der Waals surface area contributed by atoms with Gasteiger partial charge in [0.2, 0.25) is 0 Å². The van der Waals surface area contributed by atoms with Crippen LogP contribution in [0.15, 0.2) is 36.5 Å². The molecule has 6 heteroatoms. The van der Waals surface area contributed by atoms with Crippen LogP contribution >= 0.6 is 0 Å². The maximum Gasteiger partial charge on any atom is 0.252 e. The number of carbonyl (C=O) groups is 1. The Balaban J connectivity index is 1.18. The number of hydrogen-bond donors (Lipinski definition) is 1. The second kappa shape index (κ2) is 8.50. The van der Waals surface area contributed by atoms with Crippen molar-refractivity contribution in [3.63, 3.8) is 0 Å². The summed E-state index contributed by atoms with van der Waals surface area (Å²) < 4.78 is 12.5. The first-order valence-corrected chi connectivity index (χ1v) is 11.5. The van der Waals surface area contributed by atoms with Gasteiger partial charge in [-0.1, -0.05) is 6.42 Å². The van der Waals surface area contributed by atoms with Crippen LogP contribution < -0.4 is 14.8 Å². The molecule has 0 bridgehead atoms. The van der Waals surface area contributed by atoms with E-state index in [0.717, 1.165) is 48.9 Å². The number of nitrogens with zero attached hydrogens (tertiary/aromatic N) is 2. The van der Waals surface area contributed by atoms with Gasteiger partial charge in [-0.25, -0.2) is 0 Å². The molecule has 2 fully saturated rings. The molecule has 1 saturated carbocycles. The Morgan fingerprint density at radius 2 is 2.06 bits per heavy atom. The fraction of sp³-hybridized carbons (Fsp3) is 0.520. The minimum Gasteiger partial charge on any atom is -0.487 e. The average molecular weight is 422 g/mol. The number of ether oxygens (including phenoxy) is 2. The Morgan fingerprint density at radius 1 is 1.23 bits per heavy atom. The summed E-state index contributed by atoms with van der Waals surface area (Å²) in [4.78, 5) is 18.6. The van der Waals surface area contributed by atoms with Crippen molar-refractivity contribution in [1.82, 2.24) is 15.2 Å². The SMILES string of the molecule is CNC(=O)c1ccc(COc2ccc3c(c2)CCC2(CCN(C4CCC4)CC2)O3)nc1. The van der Waals surface area contributed by atoms with Crippen LogP contribution in [0.1, 0.15) is 60.1 Å². The van der Waals surface area contributed by atoms with Crippen molar-refractivity contribution in [3.05, 3.63) is 53.3 Å². The van der Waals surface area contributed by atoms with E-state index in [1.54, 1.807) is 19.3 Å². The smallest absolute Gasteiger partial charge is 0.252 e. The van der Waals surface area contributed by atoms with E-state index in [0.29, 0.717) is 12.2 Å². The van der Waals surface area contributed by atoms with Crippen molar-refractivity contribution >= 4 is 5.91 Å². The molecule has 0 atom stereocenters. The molecule has 3 heterocycles. The number of fused-ring (bicyclic) bond motifs is 1. The normalized spacial score (nSPS) is 20.4. The molecule has 5 rings (SSSR count). The van der Waals surface area contributed by atoms with Crippen LogP contribution in [0.5, 0.6) is 11.5 Å². The zero-order valence-electron chi connectivity index (χ0n) is 18.2. The number of hydrogen-bond acceptors (Lipinski definition) is 5. The minimum atomic E-state index is -0.138. The highest BCUT2D eigenvalue weighted by molar-refractivity contribution is 5.93. The summed E-state index contributed by atoms with van der Waals surface area (Å²) in [6, 6.07) is 10.6. The number of amides is 1. The van der Waals surface area contributed by atoms with Crippen LogP contribution in [-0.4, -0.2) is 47.6 Å². The number of rotatable bonds is 5. The molecule has 0 unspecified atom stereocenters. The summed E-state index contributed by atoms with van der Waals surface area (Å²) in [5.41, 5.74) is 2.59. The second-order valence-corrected chi connectivity index (χ2v) is 9.08.